The monoisotopic (exact) mass is 302 g/mol. The van der Waals surface area contributed by atoms with Crippen LogP contribution >= 0.6 is 27.3 Å². The van der Waals surface area contributed by atoms with Crippen LogP contribution in [0.25, 0.3) is 0 Å². The summed E-state index contributed by atoms with van der Waals surface area (Å²) in [4.78, 5) is 1.21. The second kappa shape index (κ2) is 6.89. The minimum absolute atomic E-state index is 0.275. The number of methoxy groups -OCH3 is 1. The first kappa shape index (κ1) is 13.5. The summed E-state index contributed by atoms with van der Waals surface area (Å²) in [6.45, 7) is 2.87. The van der Waals surface area contributed by atoms with Crippen LogP contribution in [0.4, 0.5) is 0 Å². The number of nitrogens with one attached hydrogen (secondary N) is 1. The number of hydrogen-bond donors (Lipinski definition) is 1. The second-order valence-corrected chi connectivity index (χ2v) is 5.35. The molecule has 0 saturated heterocycles. The third-order valence-electron chi connectivity index (χ3n) is 2.29. The molecule has 1 aromatic rings. The van der Waals surface area contributed by atoms with E-state index >= 15 is 0 Å². The molecule has 1 heterocycles. The van der Waals surface area contributed by atoms with Crippen molar-refractivity contribution in [1.29, 1.82) is 5.26 Å². The Bertz CT molecular complexity index is 373. The van der Waals surface area contributed by atoms with Crippen LogP contribution in [0.1, 0.15) is 24.6 Å². The fourth-order valence-electron chi connectivity index (χ4n) is 1.34. The van der Waals surface area contributed by atoms with Crippen molar-refractivity contribution in [2.24, 2.45) is 0 Å². The van der Waals surface area contributed by atoms with E-state index in [1.54, 1.807) is 18.4 Å². The van der Waals surface area contributed by atoms with Gasteiger partial charge in [0.05, 0.1) is 24.1 Å². The van der Waals surface area contributed by atoms with E-state index in [4.69, 9.17) is 10.00 Å². The lowest BCUT2D eigenvalue weighted by molar-refractivity contribution is 0.425. The van der Waals surface area contributed by atoms with Gasteiger partial charge in [-0.05, 0) is 28.4 Å². The number of hydrogen-bond acceptors (Lipinski definition) is 4. The van der Waals surface area contributed by atoms with Crippen LogP contribution in [-0.4, -0.2) is 13.2 Å². The van der Waals surface area contributed by atoms with Crippen molar-refractivity contribution in [3.05, 3.63) is 15.4 Å². The van der Waals surface area contributed by atoms with Gasteiger partial charge in [-0.15, -0.1) is 11.3 Å². The molecule has 1 unspecified atom stereocenters. The summed E-state index contributed by atoms with van der Waals surface area (Å²) < 4.78 is 6.19. The summed E-state index contributed by atoms with van der Waals surface area (Å²) in [6.07, 6.45) is 1.53. The predicted octanol–water partition coefficient (Wildman–Crippen LogP) is 3.30. The molecule has 0 aliphatic heterocycles. The average molecular weight is 303 g/mol. The molecule has 0 saturated carbocycles. The summed E-state index contributed by atoms with van der Waals surface area (Å²) in [5.74, 6) is 0. The van der Waals surface area contributed by atoms with E-state index in [9.17, 15) is 0 Å². The van der Waals surface area contributed by atoms with Crippen LogP contribution in [-0.2, 0) is 6.54 Å². The number of nitriles is 1. The highest BCUT2D eigenvalue weighted by Crippen LogP contribution is 2.34. The van der Waals surface area contributed by atoms with Gasteiger partial charge in [0.25, 0.3) is 0 Å². The third-order valence-corrected chi connectivity index (χ3v) is 4.24. The van der Waals surface area contributed by atoms with Crippen molar-refractivity contribution in [3.8, 4) is 11.1 Å². The van der Waals surface area contributed by atoms with E-state index in [0.29, 0.717) is 6.42 Å². The van der Waals surface area contributed by atoms with Crippen LogP contribution in [0.5, 0.6) is 5.06 Å². The predicted molar refractivity (Wildman–Crippen MR) is 69.7 cm³/mol. The van der Waals surface area contributed by atoms with Gasteiger partial charge < -0.3 is 10.1 Å². The molecule has 1 rings (SSSR count). The molecule has 0 amide bonds. The summed E-state index contributed by atoms with van der Waals surface area (Å²) in [6, 6.07) is 4.52. The Labute approximate surface area is 109 Å². The second-order valence-electron chi connectivity index (χ2n) is 3.40. The topological polar surface area (TPSA) is 45.0 Å². The van der Waals surface area contributed by atoms with E-state index in [1.165, 1.54) is 4.88 Å². The van der Waals surface area contributed by atoms with Gasteiger partial charge in [-0.3, -0.25) is 0 Å². The van der Waals surface area contributed by atoms with Crippen molar-refractivity contribution < 1.29 is 4.74 Å². The molecule has 0 fully saturated rings. The van der Waals surface area contributed by atoms with E-state index in [2.05, 4.69) is 40.3 Å². The van der Waals surface area contributed by atoms with Gasteiger partial charge >= 0.3 is 0 Å². The lowest BCUT2D eigenvalue weighted by Gasteiger charge is -2.11. The SMILES string of the molecule is CCC(CC#N)NCc1cc(Br)c(OC)s1. The minimum atomic E-state index is 0.275. The van der Waals surface area contributed by atoms with Gasteiger partial charge in [-0.1, -0.05) is 6.92 Å². The summed E-state index contributed by atoms with van der Waals surface area (Å²) in [7, 11) is 1.67. The smallest absolute Gasteiger partial charge is 0.188 e. The molecule has 0 spiro atoms. The lowest BCUT2D eigenvalue weighted by Crippen LogP contribution is -2.26. The number of halogens is 1. The highest BCUT2D eigenvalue weighted by atomic mass is 79.9. The van der Waals surface area contributed by atoms with Gasteiger partial charge in [0.1, 0.15) is 0 Å². The van der Waals surface area contributed by atoms with Gasteiger partial charge in [-0.25, -0.2) is 0 Å². The molecular weight excluding hydrogens is 288 g/mol. The van der Waals surface area contributed by atoms with E-state index < -0.39 is 0 Å². The largest absolute Gasteiger partial charge is 0.486 e. The quantitative estimate of drug-likeness (QED) is 0.877. The minimum Gasteiger partial charge on any atom is -0.486 e. The molecule has 1 aromatic heterocycles. The highest BCUT2D eigenvalue weighted by molar-refractivity contribution is 9.10. The highest BCUT2D eigenvalue weighted by Gasteiger charge is 2.09. The maximum Gasteiger partial charge on any atom is 0.188 e. The van der Waals surface area contributed by atoms with Crippen LogP contribution in [0, 0.1) is 11.3 Å². The Hall–Kier alpha value is -0.570. The number of ether oxygens (including phenoxy) is 1. The Kier molecular flexibility index (Phi) is 5.81. The van der Waals surface area contributed by atoms with Crippen LogP contribution in [0.15, 0.2) is 10.5 Å². The molecular formula is C11H15BrN2OS. The van der Waals surface area contributed by atoms with Gasteiger partial charge in [-0.2, -0.15) is 5.26 Å². The Morgan fingerprint density at radius 2 is 2.44 bits per heavy atom. The van der Waals surface area contributed by atoms with Crippen molar-refractivity contribution in [2.45, 2.75) is 32.4 Å². The molecule has 0 aliphatic carbocycles. The molecule has 0 radical (unpaired) electrons. The zero-order valence-electron chi connectivity index (χ0n) is 9.42. The molecule has 0 aromatic carbocycles. The number of nitrogens with zero attached hydrogens (tertiary/aromatic N) is 1. The average Bonchev–Trinajstić information content (AvgIpc) is 2.65. The van der Waals surface area contributed by atoms with Crippen LogP contribution in [0.2, 0.25) is 0 Å². The molecule has 1 atom stereocenters. The van der Waals surface area contributed by atoms with Crippen molar-refractivity contribution in [2.75, 3.05) is 7.11 Å². The summed E-state index contributed by atoms with van der Waals surface area (Å²) in [5.41, 5.74) is 0. The normalized spacial score (nSPS) is 12.1. The number of thiophene rings is 1. The zero-order valence-corrected chi connectivity index (χ0v) is 11.8. The molecule has 5 heteroatoms. The zero-order chi connectivity index (χ0) is 12.0. The third kappa shape index (κ3) is 3.78. The van der Waals surface area contributed by atoms with Crippen molar-refractivity contribution in [1.82, 2.24) is 5.32 Å². The van der Waals surface area contributed by atoms with Crippen LogP contribution < -0.4 is 10.1 Å². The first-order valence-corrected chi connectivity index (χ1v) is 6.74. The summed E-state index contributed by atoms with van der Waals surface area (Å²) in [5, 5.41) is 12.9. The lowest BCUT2D eigenvalue weighted by atomic mass is 10.2. The van der Waals surface area contributed by atoms with Gasteiger partial charge in [0, 0.05) is 17.5 Å². The molecule has 16 heavy (non-hydrogen) atoms. The van der Waals surface area contributed by atoms with Crippen molar-refractivity contribution in [3.63, 3.8) is 0 Å². The maximum absolute atomic E-state index is 8.64. The molecule has 3 nitrogen and oxygen atoms in total. The first-order chi connectivity index (χ1) is 7.71. The fraction of sp³-hybridized carbons (Fsp3) is 0.545. The van der Waals surface area contributed by atoms with E-state index in [-0.39, 0.29) is 6.04 Å². The van der Waals surface area contributed by atoms with E-state index in [1.807, 2.05) is 0 Å². The fourth-order valence-corrected chi connectivity index (χ4v) is 2.98. The van der Waals surface area contributed by atoms with Crippen LogP contribution in [0.3, 0.4) is 0 Å². The van der Waals surface area contributed by atoms with Gasteiger partial charge in [0.15, 0.2) is 5.06 Å². The van der Waals surface area contributed by atoms with Gasteiger partial charge in [0.2, 0.25) is 0 Å². The molecule has 0 aliphatic rings. The number of rotatable bonds is 6. The Balaban J connectivity index is 2.50. The van der Waals surface area contributed by atoms with E-state index in [0.717, 1.165) is 22.5 Å². The first-order valence-electron chi connectivity index (χ1n) is 5.13. The van der Waals surface area contributed by atoms with Crippen molar-refractivity contribution >= 4 is 27.3 Å². The molecule has 0 bridgehead atoms. The molecule has 88 valence electrons. The molecule has 1 N–H and O–H groups in total. The summed E-state index contributed by atoms with van der Waals surface area (Å²) >= 11 is 5.05. The maximum atomic E-state index is 8.64. The Morgan fingerprint density at radius 1 is 1.69 bits per heavy atom. The Morgan fingerprint density at radius 3 is 2.94 bits per heavy atom. The standard InChI is InChI=1S/C11H15BrN2OS/c1-3-8(4-5-13)14-7-9-6-10(12)11(15-2)16-9/h6,8,14H,3-4,7H2,1-2H3.